The lowest BCUT2D eigenvalue weighted by Gasteiger charge is -2.21. The lowest BCUT2D eigenvalue weighted by Crippen LogP contribution is -2.46. The molecule has 0 bridgehead atoms. The third-order valence-corrected chi connectivity index (χ3v) is 6.54. The number of anilines is 1. The Balaban J connectivity index is 2.17. The maximum atomic E-state index is 12.6. The summed E-state index contributed by atoms with van der Waals surface area (Å²) >= 11 is 7.13. The van der Waals surface area contributed by atoms with Gasteiger partial charge in [0.1, 0.15) is 16.0 Å². The summed E-state index contributed by atoms with van der Waals surface area (Å²) < 4.78 is 32.5. The van der Waals surface area contributed by atoms with E-state index in [1.807, 2.05) is 0 Å². The van der Waals surface area contributed by atoms with Crippen molar-refractivity contribution < 1.29 is 17.9 Å². The van der Waals surface area contributed by atoms with Crippen molar-refractivity contribution in [2.45, 2.75) is 24.1 Å². The number of rotatable bonds is 7. The minimum atomic E-state index is -3.76. The Morgan fingerprint density at radius 1 is 1.28 bits per heavy atom. The van der Waals surface area contributed by atoms with Crippen LogP contribution in [-0.4, -0.2) is 27.5 Å². The smallest absolute Gasteiger partial charge is 0.250 e. The van der Waals surface area contributed by atoms with E-state index in [1.54, 1.807) is 43.5 Å². The first kappa shape index (κ1) is 19.7. The van der Waals surface area contributed by atoms with Gasteiger partial charge in [0.05, 0.1) is 12.1 Å². The van der Waals surface area contributed by atoms with Crippen LogP contribution in [0, 0.1) is 5.92 Å². The predicted molar refractivity (Wildman–Crippen MR) is 99.9 cm³/mol. The average Bonchev–Trinajstić information content (AvgIpc) is 3.08. The molecule has 0 fully saturated rings. The van der Waals surface area contributed by atoms with E-state index >= 15 is 0 Å². The zero-order valence-corrected chi connectivity index (χ0v) is 16.3. The van der Waals surface area contributed by atoms with Crippen molar-refractivity contribution in [3.05, 3.63) is 40.7 Å². The van der Waals surface area contributed by atoms with Crippen LogP contribution in [0.3, 0.4) is 0 Å². The standard InChI is InChI=1S/C16H19ClN2O4S2/c1-10(2)15(19-25(21,22)14-5-4-8-24-14)16(20)18-11-6-7-13(23-3)12(17)9-11/h4-10,15,19H,1-3H3,(H,18,20)/t15-/m0/s1. The van der Waals surface area contributed by atoms with E-state index in [4.69, 9.17) is 16.3 Å². The molecule has 136 valence electrons. The maximum absolute atomic E-state index is 12.6. The molecule has 1 atom stereocenters. The number of benzene rings is 1. The highest BCUT2D eigenvalue weighted by Gasteiger charge is 2.29. The quantitative estimate of drug-likeness (QED) is 0.743. The normalized spacial score (nSPS) is 12.8. The largest absolute Gasteiger partial charge is 0.495 e. The molecule has 2 rings (SSSR count). The van der Waals surface area contributed by atoms with E-state index < -0.39 is 22.0 Å². The van der Waals surface area contributed by atoms with Gasteiger partial charge >= 0.3 is 0 Å². The number of methoxy groups -OCH3 is 1. The first-order valence-electron chi connectivity index (χ1n) is 7.45. The molecule has 2 N–H and O–H groups in total. The van der Waals surface area contributed by atoms with Gasteiger partial charge in [-0.25, -0.2) is 8.42 Å². The van der Waals surface area contributed by atoms with Gasteiger partial charge in [-0.3, -0.25) is 4.79 Å². The summed E-state index contributed by atoms with van der Waals surface area (Å²) in [7, 11) is -2.26. The number of ether oxygens (including phenoxy) is 1. The Bertz CT molecular complexity index is 836. The molecule has 2 aromatic rings. The van der Waals surface area contributed by atoms with Crippen molar-refractivity contribution in [1.82, 2.24) is 4.72 Å². The van der Waals surface area contributed by atoms with Crippen molar-refractivity contribution >= 4 is 44.6 Å². The van der Waals surface area contributed by atoms with Crippen LogP contribution in [0.1, 0.15) is 13.8 Å². The fraction of sp³-hybridized carbons (Fsp3) is 0.312. The first-order chi connectivity index (χ1) is 11.7. The van der Waals surface area contributed by atoms with Crippen LogP contribution in [0.25, 0.3) is 0 Å². The monoisotopic (exact) mass is 402 g/mol. The molecule has 0 spiro atoms. The second-order valence-electron chi connectivity index (χ2n) is 5.61. The molecule has 0 unspecified atom stereocenters. The van der Waals surface area contributed by atoms with Crippen LogP contribution in [-0.2, 0) is 14.8 Å². The molecule has 0 saturated carbocycles. The molecule has 9 heteroatoms. The van der Waals surface area contributed by atoms with E-state index in [0.717, 1.165) is 11.3 Å². The van der Waals surface area contributed by atoms with Gasteiger partial charge in [0, 0.05) is 5.69 Å². The SMILES string of the molecule is COc1ccc(NC(=O)[C@@H](NS(=O)(=O)c2cccs2)C(C)C)cc1Cl. The lowest BCUT2D eigenvalue weighted by molar-refractivity contribution is -0.118. The number of carbonyl (C=O) groups is 1. The Morgan fingerprint density at radius 3 is 2.52 bits per heavy atom. The van der Waals surface area contributed by atoms with Crippen molar-refractivity contribution in [2.75, 3.05) is 12.4 Å². The zero-order valence-electron chi connectivity index (χ0n) is 13.9. The van der Waals surface area contributed by atoms with Crippen LogP contribution in [0.4, 0.5) is 5.69 Å². The molecule has 0 aliphatic heterocycles. The minimum Gasteiger partial charge on any atom is -0.495 e. The summed E-state index contributed by atoms with van der Waals surface area (Å²) in [6.45, 7) is 3.53. The van der Waals surface area contributed by atoms with Gasteiger partial charge in [0.15, 0.2) is 0 Å². The van der Waals surface area contributed by atoms with Crippen molar-refractivity contribution in [3.63, 3.8) is 0 Å². The predicted octanol–water partition coefficient (Wildman–Crippen LogP) is 3.35. The molecular formula is C16H19ClN2O4S2. The Hall–Kier alpha value is -1.61. The lowest BCUT2D eigenvalue weighted by atomic mass is 10.0. The highest BCUT2D eigenvalue weighted by Crippen LogP contribution is 2.27. The van der Waals surface area contributed by atoms with Gasteiger partial charge in [-0.05, 0) is 35.6 Å². The summed E-state index contributed by atoms with van der Waals surface area (Å²) in [5.74, 6) is -0.224. The summed E-state index contributed by atoms with van der Waals surface area (Å²) in [4.78, 5) is 12.6. The molecule has 0 radical (unpaired) electrons. The Kier molecular flexibility index (Phi) is 6.45. The molecule has 0 aliphatic rings. The fourth-order valence-electron chi connectivity index (χ4n) is 2.10. The topological polar surface area (TPSA) is 84.5 Å². The second-order valence-corrected chi connectivity index (χ2v) is 8.91. The molecular weight excluding hydrogens is 384 g/mol. The van der Waals surface area contributed by atoms with E-state index in [1.165, 1.54) is 13.2 Å². The minimum absolute atomic E-state index is 0.165. The average molecular weight is 403 g/mol. The molecule has 1 aromatic carbocycles. The second kappa shape index (κ2) is 8.18. The van der Waals surface area contributed by atoms with Crippen LogP contribution in [0.2, 0.25) is 5.02 Å². The van der Waals surface area contributed by atoms with Crippen molar-refractivity contribution in [3.8, 4) is 5.75 Å². The van der Waals surface area contributed by atoms with E-state index in [2.05, 4.69) is 10.0 Å². The molecule has 1 amide bonds. The highest BCUT2D eigenvalue weighted by molar-refractivity contribution is 7.91. The fourth-order valence-corrected chi connectivity index (χ4v) is 4.71. The third kappa shape index (κ3) is 4.94. The molecule has 0 aliphatic carbocycles. The molecule has 1 heterocycles. The van der Waals surface area contributed by atoms with Crippen LogP contribution in [0.15, 0.2) is 39.9 Å². The third-order valence-electron chi connectivity index (χ3n) is 3.41. The van der Waals surface area contributed by atoms with Gasteiger partial charge in [0.2, 0.25) is 5.91 Å². The van der Waals surface area contributed by atoms with Gasteiger partial charge < -0.3 is 10.1 Å². The number of amides is 1. The van der Waals surface area contributed by atoms with Crippen molar-refractivity contribution in [2.24, 2.45) is 5.92 Å². The van der Waals surface area contributed by atoms with Crippen LogP contribution < -0.4 is 14.8 Å². The Labute approximate surface area is 156 Å². The van der Waals surface area contributed by atoms with Crippen molar-refractivity contribution in [1.29, 1.82) is 0 Å². The number of sulfonamides is 1. The molecule has 1 aromatic heterocycles. The molecule has 6 nitrogen and oxygen atoms in total. The van der Waals surface area contributed by atoms with Gasteiger partial charge in [-0.15, -0.1) is 11.3 Å². The zero-order chi connectivity index (χ0) is 18.6. The van der Waals surface area contributed by atoms with Crippen LogP contribution >= 0.6 is 22.9 Å². The summed E-state index contributed by atoms with van der Waals surface area (Å²) in [5, 5.41) is 4.69. The van der Waals surface area contributed by atoms with E-state index in [0.29, 0.717) is 16.5 Å². The maximum Gasteiger partial charge on any atom is 0.250 e. The van der Waals surface area contributed by atoms with Gasteiger partial charge in [0.25, 0.3) is 10.0 Å². The van der Waals surface area contributed by atoms with E-state index in [9.17, 15) is 13.2 Å². The molecule has 25 heavy (non-hydrogen) atoms. The summed E-state index contributed by atoms with van der Waals surface area (Å²) in [5.41, 5.74) is 0.455. The first-order valence-corrected chi connectivity index (χ1v) is 10.2. The number of thiophene rings is 1. The molecule has 0 saturated heterocycles. The van der Waals surface area contributed by atoms with Gasteiger partial charge in [-0.1, -0.05) is 31.5 Å². The van der Waals surface area contributed by atoms with Crippen LogP contribution in [0.5, 0.6) is 5.75 Å². The van der Waals surface area contributed by atoms with Gasteiger partial charge in [-0.2, -0.15) is 4.72 Å². The number of hydrogen-bond donors (Lipinski definition) is 2. The number of halogens is 1. The number of nitrogens with one attached hydrogen (secondary N) is 2. The number of hydrogen-bond acceptors (Lipinski definition) is 5. The Morgan fingerprint density at radius 2 is 2.00 bits per heavy atom. The highest BCUT2D eigenvalue weighted by atomic mass is 35.5. The van der Waals surface area contributed by atoms with E-state index in [-0.39, 0.29) is 10.1 Å². The summed E-state index contributed by atoms with van der Waals surface area (Å²) in [6, 6.07) is 7.01. The summed E-state index contributed by atoms with van der Waals surface area (Å²) in [6.07, 6.45) is 0. The number of carbonyl (C=O) groups excluding carboxylic acids is 1.